The van der Waals surface area contributed by atoms with E-state index in [2.05, 4.69) is 32.8 Å². The Labute approximate surface area is 445 Å². The normalized spacial score (nSPS) is 22.9. The number of fused-ring (bicyclic) bond motifs is 8. The number of hydrogen-bond donors (Lipinski definition) is 6. The summed E-state index contributed by atoms with van der Waals surface area (Å²) in [6, 6.07) is 19.2. The van der Waals surface area contributed by atoms with E-state index in [1.165, 1.54) is 12.5 Å². The minimum Gasteiger partial charge on any atom is -0.489 e. The Morgan fingerprint density at radius 2 is 1.66 bits per heavy atom. The second-order valence-electron chi connectivity index (χ2n) is 22.9. The number of para-hydroxylation sites is 1. The molecule has 76 heavy (non-hydrogen) atoms. The fourth-order valence-corrected chi connectivity index (χ4v) is 11.2. The van der Waals surface area contributed by atoms with E-state index in [1.54, 1.807) is 18.2 Å². The van der Waals surface area contributed by atoms with Gasteiger partial charge in [0.15, 0.2) is 5.58 Å². The van der Waals surface area contributed by atoms with E-state index in [9.17, 15) is 34.2 Å². The summed E-state index contributed by atoms with van der Waals surface area (Å²) in [5.41, 5.74) is 8.42. The molecule has 4 aliphatic rings. The number of aliphatic hydroxyl groups excluding tert-OH is 2. The van der Waals surface area contributed by atoms with Crippen molar-refractivity contribution in [2.24, 2.45) is 23.5 Å². The second-order valence-corrected chi connectivity index (χ2v) is 22.9. The maximum atomic E-state index is 13.8. The van der Waals surface area contributed by atoms with Crippen LogP contribution in [0.15, 0.2) is 88.1 Å². The van der Waals surface area contributed by atoms with Crippen molar-refractivity contribution in [1.29, 1.82) is 0 Å². The maximum absolute atomic E-state index is 13.8. The van der Waals surface area contributed by atoms with Crippen molar-refractivity contribution in [2.75, 3.05) is 13.1 Å². The van der Waals surface area contributed by atoms with Gasteiger partial charge in [-0.05, 0) is 114 Å². The first kappa shape index (κ1) is 55.6. The van der Waals surface area contributed by atoms with Crippen LogP contribution in [-0.4, -0.2) is 98.3 Å². The Hall–Kier alpha value is -6.62. The summed E-state index contributed by atoms with van der Waals surface area (Å²) in [7, 11) is 0. The molecule has 0 bridgehead atoms. The van der Waals surface area contributed by atoms with Gasteiger partial charge in [0.25, 0.3) is 5.91 Å². The van der Waals surface area contributed by atoms with Crippen LogP contribution >= 0.6 is 0 Å². The first-order valence-corrected chi connectivity index (χ1v) is 27.0. The van der Waals surface area contributed by atoms with Crippen LogP contribution in [0.4, 0.5) is 0 Å². The second kappa shape index (κ2) is 23.3. The number of likely N-dealkylation sites (tertiary alicyclic amines) is 1. The number of ether oxygens (including phenoxy) is 2. The summed E-state index contributed by atoms with van der Waals surface area (Å²) >= 11 is 0. The zero-order valence-electron chi connectivity index (χ0n) is 45.2. The monoisotopic (exact) mass is 1040 g/mol. The zero-order chi connectivity index (χ0) is 54.6. The van der Waals surface area contributed by atoms with Crippen molar-refractivity contribution in [3.63, 3.8) is 0 Å². The quantitative estimate of drug-likeness (QED) is 0.0595. The lowest BCUT2D eigenvalue weighted by Crippen LogP contribution is -2.61. The summed E-state index contributed by atoms with van der Waals surface area (Å²) < 4.78 is 18.1. The third-order valence-electron chi connectivity index (χ3n) is 15.3. The third-order valence-corrected chi connectivity index (χ3v) is 15.3. The zero-order valence-corrected chi connectivity index (χ0v) is 45.2. The molecule has 2 fully saturated rings. The molecule has 0 unspecified atom stereocenters. The van der Waals surface area contributed by atoms with Crippen LogP contribution in [0, 0.1) is 17.8 Å². The van der Waals surface area contributed by atoms with Crippen LogP contribution < -0.4 is 36.8 Å². The molecule has 5 heterocycles. The number of nitrogens with zero attached hydrogens (tertiary/aromatic N) is 2. The molecule has 406 valence electrons. The molecule has 16 nitrogen and oxygen atoms in total. The highest BCUT2D eigenvalue weighted by molar-refractivity contribution is 5.99. The van der Waals surface area contributed by atoms with E-state index < -0.39 is 71.2 Å². The first-order valence-electron chi connectivity index (χ1n) is 27.0. The summed E-state index contributed by atoms with van der Waals surface area (Å²) in [6.07, 6.45) is 8.68. The fraction of sp³-hybridized carbons (Fsp3) is 0.500. The number of nitrogens with one attached hydrogen (secondary N) is 3. The molecule has 2 aromatic heterocycles. The number of benzene rings is 3. The number of hydrogen-bond acceptors (Lipinski definition) is 12. The average Bonchev–Trinajstić information content (AvgIpc) is 3.42. The molecule has 9 atom stereocenters. The molecule has 3 aliphatic heterocycles. The summed E-state index contributed by atoms with van der Waals surface area (Å²) in [4.78, 5) is 71.5. The van der Waals surface area contributed by atoms with Crippen LogP contribution in [0.2, 0.25) is 0 Å². The number of rotatable bonds is 14. The Balaban J connectivity index is 0.000000237. The van der Waals surface area contributed by atoms with Crippen molar-refractivity contribution in [3.8, 4) is 11.5 Å². The number of aliphatic hydroxyl groups is 2. The van der Waals surface area contributed by atoms with Gasteiger partial charge in [0, 0.05) is 36.0 Å². The van der Waals surface area contributed by atoms with Gasteiger partial charge in [-0.1, -0.05) is 94.1 Å². The number of β-amino-alcohol motifs (C(OH)–C–C–N with tert-alkyl or cyclic N) is 1. The van der Waals surface area contributed by atoms with Gasteiger partial charge in [-0.3, -0.25) is 24.1 Å². The molecule has 5 aromatic rings. The van der Waals surface area contributed by atoms with Crippen molar-refractivity contribution in [3.05, 3.63) is 117 Å². The predicted molar refractivity (Wildman–Crippen MR) is 293 cm³/mol. The number of carbonyl (C=O) groups excluding carboxylic acids is 4. The highest BCUT2D eigenvalue weighted by Gasteiger charge is 2.43. The minimum atomic E-state index is -1.30. The summed E-state index contributed by atoms with van der Waals surface area (Å²) in [5.74, 6) is -0.0979. The molecule has 3 aromatic carbocycles. The van der Waals surface area contributed by atoms with Gasteiger partial charge in [0.05, 0.1) is 52.7 Å². The summed E-state index contributed by atoms with van der Waals surface area (Å²) in [6.45, 7) is 16.6. The average molecular weight is 1040 g/mol. The third kappa shape index (κ3) is 13.0. The molecular weight excluding hydrogens is 965 g/mol. The lowest BCUT2D eigenvalue weighted by Gasteiger charge is -2.47. The molecule has 0 radical (unpaired) electrons. The lowest BCUT2D eigenvalue weighted by molar-refractivity contribution is -0.133. The lowest BCUT2D eigenvalue weighted by atomic mass is 9.72. The van der Waals surface area contributed by atoms with Gasteiger partial charge < -0.3 is 45.8 Å². The SMILES string of the molecule is CC(C)(C)NC(=O)[C@@H]1C[C@@H]2CCCC[C@@H]2CN1C[C@@H](O)[C@H](Cc1ccccc1)NC(=O)[C@H](CC(N)=O)NC(=O)c1ccc2ccccc2n1.CCCc1cc(=O)oc2c3c(c4c(c12)OC(C)(C)C=C4)O[C@@H](C)[C@H](C)[C@@H]3O. The fourth-order valence-electron chi connectivity index (χ4n) is 11.2. The number of carbonyl (C=O) groups is 4. The minimum absolute atomic E-state index is 0.0566. The molecule has 7 N–H and O–H groups in total. The molecule has 0 spiro atoms. The molecule has 1 aliphatic carbocycles. The van der Waals surface area contributed by atoms with Gasteiger partial charge in [-0.25, -0.2) is 9.78 Å². The number of piperidine rings is 1. The Morgan fingerprint density at radius 1 is 0.947 bits per heavy atom. The van der Waals surface area contributed by atoms with E-state index in [0.717, 1.165) is 66.0 Å². The van der Waals surface area contributed by atoms with Gasteiger partial charge in [0.1, 0.15) is 34.9 Å². The molecule has 1 saturated carbocycles. The number of pyridine rings is 1. The Kier molecular flexibility index (Phi) is 17.1. The first-order chi connectivity index (χ1) is 36.1. The van der Waals surface area contributed by atoms with Crippen molar-refractivity contribution < 1.29 is 43.3 Å². The van der Waals surface area contributed by atoms with E-state index in [0.29, 0.717) is 46.5 Å². The topological polar surface area (TPSA) is 236 Å². The van der Waals surface area contributed by atoms with E-state index >= 15 is 0 Å². The van der Waals surface area contributed by atoms with Crippen LogP contribution in [-0.2, 0) is 27.2 Å². The van der Waals surface area contributed by atoms with Crippen LogP contribution in [0.5, 0.6) is 11.5 Å². The van der Waals surface area contributed by atoms with Crippen molar-refractivity contribution >= 4 is 51.6 Å². The summed E-state index contributed by atoms with van der Waals surface area (Å²) in [5, 5.41) is 33.2. The van der Waals surface area contributed by atoms with Gasteiger partial charge in [-0.2, -0.15) is 0 Å². The molecule has 1 saturated heterocycles. The van der Waals surface area contributed by atoms with Crippen LogP contribution in [0.25, 0.3) is 27.9 Å². The molecule has 4 amide bonds. The largest absolute Gasteiger partial charge is 0.489 e. The number of aryl methyl sites for hydroxylation is 1. The highest BCUT2D eigenvalue weighted by atomic mass is 16.5. The van der Waals surface area contributed by atoms with Crippen LogP contribution in [0.3, 0.4) is 0 Å². The molecule has 16 heteroatoms. The number of aromatic nitrogens is 1. The van der Waals surface area contributed by atoms with E-state index in [4.69, 9.17) is 19.6 Å². The van der Waals surface area contributed by atoms with Gasteiger partial charge >= 0.3 is 5.63 Å². The van der Waals surface area contributed by atoms with Crippen molar-refractivity contribution in [1.82, 2.24) is 25.8 Å². The number of amides is 4. The van der Waals surface area contributed by atoms with Crippen LogP contribution in [0.1, 0.15) is 139 Å². The van der Waals surface area contributed by atoms with E-state index in [1.807, 2.05) is 109 Å². The Bertz CT molecular complexity index is 3020. The number of nitrogens with two attached hydrogens (primary N) is 1. The van der Waals surface area contributed by atoms with Gasteiger partial charge in [0.2, 0.25) is 17.7 Å². The van der Waals surface area contributed by atoms with Crippen molar-refractivity contribution in [2.45, 2.75) is 161 Å². The molecular formula is C60H76N6O10. The highest BCUT2D eigenvalue weighted by Crippen LogP contribution is 2.52. The number of primary amides is 1. The molecule has 9 rings (SSSR count). The maximum Gasteiger partial charge on any atom is 0.336 e. The standard InChI is InChI=1S/C38H50N6O5.C22H26O5/c1-38(2,3)43-37(49)32-20-26-14-7-8-15-27(26)22-44(32)23-33(45)30(19-24-11-5-4-6-12-24)41-36(48)31(21-34(39)46)42-35(47)29-18-17-25-13-9-10-16-28(25)40-29;1-6-7-13-10-15(23)26-21-16(13)20-14(8-9-22(4,5)27-20)19-17(21)18(24)11(2)12(3)25-19/h4-6,9-13,16-18,26-27,30-33,45H,7-8,14-15,19-23H2,1-3H3,(H2,39,46)(H,41,48)(H,42,47)(H,43,49);8-12,18,24H,6-7H2,1-5H3/t26-,27+,30-,31-,32-,33+;11-,12-,18-/m00/s1. The van der Waals surface area contributed by atoms with Gasteiger partial charge in [-0.15, -0.1) is 0 Å². The van der Waals surface area contributed by atoms with E-state index in [-0.39, 0.29) is 36.6 Å². The smallest absolute Gasteiger partial charge is 0.336 e. The predicted octanol–water partition coefficient (Wildman–Crippen LogP) is 7.47. The Morgan fingerprint density at radius 3 is 2.37 bits per heavy atom.